The third kappa shape index (κ3) is 1.77. The lowest BCUT2D eigenvalue weighted by molar-refractivity contribution is -0.137. The first-order chi connectivity index (χ1) is 9.97. The standard InChI is InChI=1S/C14H14N2O5/c17-11-14(6-3-7-15(11)12(18)19)8-16(13(20)21)10-5-2-1-4-9(10)14/h1-2,4-5H,3,6-8H2,(H,18,19)(H,20,21). The Morgan fingerprint density at radius 1 is 1.10 bits per heavy atom. The second-order valence-electron chi connectivity index (χ2n) is 5.31. The van der Waals surface area contributed by atoms with Crippen LogP contribution in [0.15, 0.2) is 24.3 Å². The molecule has 1 spiro atoms. The number of hydrogen-bond donors (Lipinski definition) is 2. The molecule has 7 heteroatoms. The van der Waals surface area contributed by atoms with E-state index in [1.165, 1.54) is 0 Å². The summed E-state index contributed by atoms with van der Waals surface area (Å²) in [4.78, 5) is 37.2. The number of piperidine rings is 1. The average molecular weight is 290 g/mol. The van der Waals surface area contributed by atoms with E-state index < -0.39 is 23.5 Å². The van der Waals surface area contributed by atoms with Crippen LogP contribution in [0.3, 0.4) is 0 Å². The SMILES string of the molecule is O=C(O)N1CCCC2(CN(C(=O)O)c3ccccc32)C1=O. The van der Waals surface area contributed by atoms with Crippen molar-refractivity contribution in [2.45, 2.75) is 18.3 Å². The number of likely N-dealkylation sites (tertiary alicyclic amines) is 1. The Labute approximate surface area is 120 Å². The molecule has 1 aromatic rings. The van der Waals surface area contributed by atoms with E-state index in [2.05, 4.69) is 0 Å². The van der Waals surface area contributed by atoms with Crippen molar-refractivity contribution in [2.24, 2.45) is 0 Å². The Bertz CT molecular complexity index is 644. The van der Waals surface area contributed by atoms with E-state index in [4.69, 9.17) is 5.11 Å². The van der Waals surface area contributed by atoms with Crippen LogP contribution in [-0.2, 0) is 10.2 Å². The minimum atomic E-state index is -1.29. The maximum absolute atomic E-state index is 12.6. The molecule has 21 heavy (non-hydrogen) atoms. The van der Waals surface area contributed by atoms with E-state index in [0.29, 0.717) is 24.1 Å². The molecule has 2 aliphatic rings. The number of fused-ring (bicyclic) bond motifs is 2. The van der Waals surface area contributed by atoms with Crippen molar-refractivity contribution >= 4 is 23.8 Å². The van der Waals surface area contributed by atoms with Gasteiger partial charge >= 0.3 is 12.2 Å². The summed E-state index contributed by atoms with van der Waals surface area (Å²) in [5.74, 6) is -0.530. The third-order valence-corrected chi connectivity index (χ3v) is 4.24. The van der Waals surface area contributed by atoms with Crippen molar-refractivity contribution in [2.75, 3.05) is 18.0 Å². The van der Waals surface area contributed by atoms with Gasteiger partial charge in [-0.1, -0.05) is 18.2 Å². The van der Waals surface area contributed by atoms with Crippen LogP contribution < -0.4 is 4.90 Å². The highest BCUT2D eigenvalue weighted by Crippen LogP contribution is 2.46. The number of anilines is 1. The number of carbonyl (C=O) groups excluding carboxylic acids is 1. The zero-order valence-electron chi connectivity index (χ0n) is 11.2. The van der Waals surface area contributed by atoms with Gasteiger partial charge in [0.2, 0.25) is 5.91 Å². The monoisotopic (exact) mass is 290 g/mol. The minimum Gasteiger partial charge on any atom is -0.465 e. The summed E-state index contributed by atoms with van der Waals surface area (Å²) in [7, 11) is 0. The van der Waals surface area contributed by atoms with Gasteiger partial charge in [0.15, 0.2) is 0 Å². The summed E-state index contributed by atoms with van der Waals surface area (Å²) in [5.41, 5.74) is -0.0139. The number of carbonyl (C=O) groups is 3. The van der Waals surface area contributed by atoms with Crippen LogP contribution in [0.25, 0.3) is 0 Å². The first-order valence-corrected chi connectivity index (χ1v) is 6.62. The van der Waals surface area contributed by atoms with Gasteiger partial charge in [-0.25, -0.2) is 14.5 Å². The molecular weight excluding hydrogens is 276 g/mol. The van der Waals surface area contributed by atoms with Crippen LogP contribution in [0.1, 0.15) is 18.4 Å². The molecule has 0 radical (unpaired) electrons. The molecular formula is C14H14N2O5. The summed E-state index contributed by atoms with van der Waals surface area (Å²) in [6, 6.07) is 6.79. The van der Waals surface area contributed by atoms with Crippen LogP contribution in [0.2, 0.25) is 0 Å². The molecule has 1 unspecified atom stereocenters. The molecule has 1 atom stereocenters. The van der Waals surface area contributed by atoms with Gasteiger partial charge in [0.25, 0.3) is 0 Å². The molecule has 0 bridgehead atoms. The smallest absolute Gasteiger partial charge is 0.414 e. The van der Waals surface area contributed by atoms with Crippen molar-refractivity contribution in [3.8, 4) is 0 Å². The topological polar surface area (TPSA) is 98.2 Å². The number of carboxylic acid groups (broad SMARTS) is 2. The first-order valence-electron chi connectivity index (χ1n) is 6.62. The number of para-hydroxylation sites is 1. The van der Waals surface area contributed by atoms with Crippen molar-refractivity contribution < 1.29 is 24.6 Å². The second kappa shape index (κ2) is 4.47. The number of amides is 3. The number of imide groups is 1. The van der Waals surface area contributed by atoms with E-state index in [1.54, 1.807) is 24.3 Å². The van der Waals surface area contributed by atoms with Gasteiger partial charge in [-0.15, -0.1) is 0 Å². The van der Waals surface area contributed by atoms with Crippen LogP contribution in [-0.4, -0.2) is 46.3 Å². The van der Waals surface area contributed by atoms with Crippen LogP contribution in [0.4, 0.5) is 15.3 Å². The van der Waals surface area contributed by atoms with Crippen molar-refractivity contribution in [1.29, 1.82) is 0 Å². The third-order valence-electron chi connectivity index (χ3n) is 4.24. The molecule has 2 aliphatic heterocycles. The van der Waals surface area contributed by atoms with Crippen molar-refractivity contribution in [3.63, 3.8) is 0 Å². The Balaban J connectivity index is 2.12. The molecule has 1 saturated heterocycles. The van der Waals surface area contributed by atoms with Gasteiger partial charge < -0.3 is 10.2 Å². The molecule has 1 fully saturated rings. The summed E-state index contributed by atoms with van der Waals surface area (Å²) in [5, 5.41) is 18.5. The van der Waals surface area contributed by atoms with Crippen LogP contribution in [0, 0.1) is 0 Å². The van der Waals surface area contributed by atoms with Crippen molar-refractivity contribution in [3.05, 3.63) is 29.8 Å². The summed E-state index contributed by atoms with van der Waals surface area (Å²) >= 11 is 0. The largest absolute Gasteiger partial charge is 0.465 e. The highest BCUT2D eigenvalue weighted by Gasteiger charge is 2.54. The predicted octanol–water partition coefficient (Wildman–Crippen LogP) is 1.72. The van der Waals surface area contributed by atoms with Gasteiger partial charge in [0.05, 0.1) is 11.1 Å². The van der Waals surface area contributed by atoms with E-state index >= 15 is 0 Å². The summed E-state index contributed by atoms with van der Waals surface area (Å²) < 4.78 is 0. The van der Waals surface area contributed by atoms with E-state index in [9.17, 15) is 19.5 Å². The van der Waals surface area contributed by atoms with Gasteiger partial charge in [-0.2, -0.15) is 0 Å². The molecule has 1 aromatic carbocycles. The average Bonchev–Trinajstić information content (AvgIpc) is 2.78. The molecule has 110 valence electrons. The van der Waals surface area contributed by atoms with Gasteiger partial charge in [0.1, 0.15) is 0 Å². The van der Waals surface area contributed by atoms with Crippen LogP contribution >= 0.6 is 0 Å². The first kappa shape index (κ1) is 13.4. The number of hydrogen-bond acceptors (Lipinski definition) is 3. The molecule has 0 aromatic heterocycles. The molecule has 0 saturated carbocycles. The molecule has 7 nitrogen and oxygen atoms in total. The lowest BCUT2D eigenvalue weighted by Gasteiger charge is -2.37. The van der Waals surface area contributed by atoms with E-state index in [-0.39, 0.29) is 13.1 Å². The maximum atomic E-state index is 12.6. The fourth-order valence-electron chi connectivity index (χ4n) is 3.31. The lowest BCUT2D eigenvalue weighted by atomic mass is 9.75. The fraction of sp³-hybridized carbons (Fsp3) is 0.357. The summed E-state index contributed by atoms with van der Waals surface area (Å²) in [6.45, 7) is 0.134. The maximum Gasteiger partial charge on any atom is 0.414 e. The summed E-state index contributed by atoms with van der Waals surface area (Å²) in [6.07, 6.45) is -1.44. The molecule has 2 heterocycles. The van der Waals surface area contributed by atoms with E-state index in [0.717, 1.165) is 9.80 Å². The second-order valence-corrected chi connectivity index (χ2v) is 5.31. The Kier molecular flexibility index (Phi) is 2.86. The van der Waals surface area contributed by atoms with Crippen LogP contribution in [0.5, 0.6) is 0 Å². The minimum absolute atomic E-state index is 0.0235. The molecule has 3 rings (SSSR count). The predicted molar refractivity (Wildman–Crippen MR) is 72.5 cm³/mol. The van der Waals surface area contributed by atoms with Gasteiger partial charge in [-0.3, -0.25) is 9.69 Å². The fourth-order valence-corrected chi connectivity index (χ4v) is 3.31. The zero-order valence-corrected chi connectivity index (χ0v) is 11.2. The Morgan fingerprint density at radius 3 is 2.43 bits per heavy atom. The quantitative estimate of drug-likeness (QED) is 0.758. The number of benzene rings is 1. The Morgan fingerprint density at radius 2 is 1.76 bits per heavy atom. The number of rotatable bonds is 0. The highest BCUT2D eigenvalue weighted by atomic mass is 16.4. The van der Waals surface area contributed by atoms with Gasteiger partial charge in [0, 0.05) is 13.1 Å². The molecule has 3 amide bonds. The normalized spacial score (nSPS) is 24.3. The lowest BCUT2D eigenvalue weighted by Crippen LogP contribution is -2.55. The van der Waals surface area contributed by atoms with E-state index in [1.807, 2.05) is 0 Å². The van der Waals surface area contributed by atoms with Gasteiger partial charge in [-0.05, 0) is 24.5 Å². The molecule has 0 aliphatic carbocycles. The zero-order chi connectivity index (χ0) is 15.2. The molecule has 2 N–H and O–H groups in total. The number of nitrogens with zero attached hydrogens (tertiary/aromatic N) is 2. The highest BCUT2D eigenvalue weighted by molar-refractivity contribution is 6.04. The Hall–Kier alpha value is -2.57. The van der Waals surface area contributed by atoms with Crippen molar-refractivity contribution in [1.82, 2.24) is 4.90 Å².